The lowest BCUT2D eigenvalue weighted by molar-refractivity contribution is -0.384. The Labute approximate surface area is 129 Å². The topological polar surface area (TPSA) is 97.5 Å². The monoisotopic (exact) mass is 419 g/mol. The maximum absolute atomic E-state index is 11.8. The van der Waals surface area contributed by atoms with Crippen molar-refractivity contribution in [3.05, 3.63) is 39.9 Å². The quantitative estimate of drug-likeness (QED) is 0.342. The molecule has 0 radical (unpaired) electrons. The van der Waals surface area contributed by atoms with Crippen molar-refractivity contribution in [1.29, 1.82) is 0 Å². The molecule has 0 aliphatic carbocycles. The normalized spacial score (nSPS) is 16.6. The van der Waals surface area contributed by atoms with Gasteiger partial charge in [0.15, 0.2) is 9.84 Å². The number of benzene rings is 1. The van der Waals surface area contributed by atoms with Crippen molar-refractivity contribution < 1.29 is 18.4 Å². The van der Waals surface area contributed by atoms with Crippen LogP contribution in [0.1, 0.15) is 18.6 Å². The summed E-state index contributed by atoms with van der Waals surface area (Å²) in [5.41, 5.74) is 0.0509. The molecule has 0 aliphatic rings. The molecule has 1 N–H and O–H groups in total. The molecule has 1 aromatic rings. The minimum atomic E-state index is -3.70. The molecule has 0 aromatic heterocycles. The number of hydrogen-bond acceptors (Lipinski definition) is 5. The first-order valence-electron chi connectivity index (χ1n) is 5.16. The van der Waals surface area contributed by atoms with E-state index in [1.807, 2.05) is 0 Å². The van der Waals surface area contributed by atoms with Crippen LogP contribution in [0.4, 0.5) is 5.69 Å². The second kappa shape index (κ2) is 5.90. The number of alkyl halides is 2. The first-order valence-corrected chi connectivity index (χ1v) is 8.27. The molecule has 1 aromatic carbocycles. The molecule has 2 atom stereocenters. The van der Waals surface area contributed by atoms with Crippen molar-refractivity contribution in [2.45, 2.75) is 15.2 Å². The molecule has 0 bridgehead atoms. The molecule has 106 valence electrons. The number of rotatable bonds is 5. The Morgan fingerprint density at radius 2 is 1.95 bits per heavy atom. The Kier molecular flexibility index (Phi) is 5.15. The van der Waals surface area contributed by atoms with Gasteiger partial charge in [-0.2, -0.15) is 0 Å². The SMILES string of the molecule is CCS(=O)(=O)[C@@](Cl)(I)[C@@H](O)c1ccc([N+](=O)[O-])cc1. The van der Waals surface area contributed by atoms with Crippen LogP contribution in [0.3, 0.4) is 0 Å². The fraction of sp³-hybridized carbons (Fsp3) is 0.400. The van der Waals surface area contributed by atoms with Gasteiger partial charge in [0.2, 0.25) is 2.21 Å². The molecule has 0 saturated carbocycles. The van der Waals surface area contributed by atoms with Crippen molar-refractivity contribution in [2.24, 2.45) is 0 Å². The summed E-state index contributed by atoms with van der Waals surface area (Å²) in [6.45, 7) is 1.42. The van der Waals surface area contributed by atoms with Crippen LogP contribution in [0.25, 0.3) is 0 Å². The first-order chi connectivity index (χ1) is 8.63. The molecule has 0 spiro atoms. The number of nitro benzene ring substituents is 1. The number of nitrogens with zero attached hydrogens (tertiary/aromatic N) is 1. The van der Waals surface area contributed by atoms with Crippen molar-refractivity contribution in [3.63, 3.8) is 0 Å². The van der Waals surface area contributed by atoms with Crippen molar-refractivity contribution in [1.82, 2.24) is 0 Å². The lowest BCUT2D eigenvalue weighted by Crippen LogP contribution is -2.34. The van der Waals surface area contributed by atoms with Crippen LogP contribution in [-0.4, -0.2) is 26.4 Å². The second-order valence-corrected chi connectivity index (χ2v) is 10.1. The summed E-state index contributed by atoms with van der Waals surface area (Å²) in [4.78, 5) is 9.92. The third kappa shape index (κ3) is 3.36. The standard InChI is InChI=1S/C10H11ClINO5S/c1-2-19(17,18)10(11,12)9(14)7-3-5-8(6-4-7)13(15)16/h3-6,9,14H,2H2,1H3/t9-,10-/m0/s1. The summed E-state index contributed by atoms with van der Waals surface area (Å²) in [6, 6.07) is 4.93. The maximum Gasteiger partial charge on any atom is 0.269 e. The summed E-state index contributed by atoms with van der Waals surface area (Å²) in [7, 11) is -3.70. The largest absolute Gasteiger partial charge is 0.385 e. The van der Waals surface area contributed by atoms with Crippen LogP contribution in [0.15, 0.2) is 24.3 Å². The van der Waals surface area contributed by atoms with Crippen molar-refractivity contribution in [3.8, 4) is 0 Å². The van der Waals surface area contributed by atoms with Gasteiger partial charge < -0.3 is 5.11 Å². The van der Waals surface area contributed by atoms with E-state index in [4.69, 9.17) is 11.6 Å². The number of aliphatic hydroxyl groups excluding tert-OH is 1. The van der Waals surface area contributed by atoms with Gasteiger partial charge in [0.1, 0.15) is 6.10 Å². The summed E-state index contributed by atoms with van der Waals surface area (Å²) in [5, 5.41) is 20.6. The number of nitro groups is 1. The van der Waals surface area contributed by atoms with Gasteiger partial charge in [-0.1, -0.05) is 18.5 Å². The van der Waals surface area contributed by atoms with Crippen LogP contribution in [0, 0.1) is 10.1 Å². The molecule has 0 amide bonds. The van der Waals surface area contributed by atoms with Crippen LogP contribution in [-0.2, 0) is 9.84 Å². The minimum Gasteiger partial charge on any atom is -0.385 e. The molecule has 0 unspecified atom stereocenters. The Bertz CT molecular complexity index is 572. The summed E-state index contributed by atoms with van der Waals surface area (Å²) in [5.74, 6) is -0.219. The van der Waals surface area contributed by atoms with Crippen LogP contribution in [0.2, 0.25) is 0 Å². The second-order valence-electron chi connectivity index (χ2n) is 3.72. The predicted molar refractivity (Wildman–Crippen MR) is 80.1 cm³/mol. The van der Waals surface area contributed by atoms with Crippen molar-refractivity contribution >= 4 is 49.7 Å². The van der Waals surface area contributed by atoms with E-state index in [0.29, 0.717) is 0 Å². The van der Waals surface area contributed by atoms with E-state index in [9.17, 15) is 23.6 Å². The molecule has 9 heteroatoms. The highest BCUT2D eigenvalue weighted by molar-refractivity contribution is 14.1. The smallest absolute Gasteiger partial charge is 0.269 e. The first kappa shape index (κ1) is 16.6. The molecule has 6 nitrogen and oxygen atoms in total. The predicted octanol–water partition coefficient (Wildman–Crippen LogP) is 2.39. The Hall–Kier alpha value is -0.450. The van der Waals surface area contributed by atoms with Crippen LogP contribution >= 0.6 is 34.2 Å². The van der Waals surface area contributed by atoms with Gasteiger partial charge in [-0.15, -0.1) is 0 Å². The summed E-state index contributed by atoms with van der Waals surface area (Å²) >= 11 is 7.39. The molecule has 19 heavy (non-hydrogen) atoms. The van der Waals surface area contributed by atoms with E-state index < -0.39 is 23.1 Å². The zero-order valence-corrected chi connectivity index (χ0v) is 13.5. The third-order valence-corrected chi connectivity index (χ3v) is 7.86. The third-order valence-electron chi connectivity index (χ3n) is 2.53. The zero-order valence-electron chi connectivity index (χ0n) is 9.79. The van der Waals surface area contributed by atoms with E-state index in [-0.39, 0.29) is 17.0 Å². The Morgan fingerprint density at radius 3 is 2.32 bits per heavy atom. The van der Waals surface area contributed by atoms with E-state index in [0.717, 1.165) is 0 Å². The van der Waals surface area contributed by atoms with Gasteiger partial charge in [-0.25, -0.2) is 8.42 Å². The van der Waals surface area contributed by atoms with E-state index in [1.165, 1.54) is 53.8 Å². The molecule has 0 aliphatic heterocycles. The molecular formula is C10H11ClINO5S. The van der Waals surface area contributed by atoms with Gasteiger partial charge in [0, 0.05) is 12.1 Å². The number of hydrogen-bond donors (Lipinski definition) is 1. The number of aliphatic hydroxyl groups is 1. The highest BCUT2D eigenvalue weighted by atomic mass is 127. The summed E-state index contributed by atoms with van der Waals surface area (Å²) < 4.78 is 21.7. The number of non-ortho nitro benzene ring substituents is 1. The highest BCUT2D eigenvalue weighted by Gasteiger charge is 2.45. The average Bonchev–Trinajstić information content (AvgIpc) is 2.37. The average molecular weight is 420 g/mol. The van der Waals surface area contributed by atoms with E-state index >= 15 is 0 Å². The molecule has 0 heterocycles. The lowest BCUT2D eigenvalue weighted by Gasteiger charge is -2.25. The minimum absolute atomic E-state index is 0.150. The van der Waals surface area contributed by atoms with Gasteiger partial charge in [-0.05, 0) is 40.3 Å². The van der Waals surface area contributed by atoms with E-state index in [1.54, 1.807) is 0 Å². The maximum atomic E-state index is 11.8. The molecule has 0 fully saturated rings. The fourth-order valence-corrected chi connectivity index (χ4v) is 3.94. The lowest BCUT2D eigenvalue weighted by atomic mass is 10.1. The Morgan fingerprint density at radius 1 is 1.47 bits per heavy atom. The van der Waals surface area contributed by atoms with Gasteiger partial charge in [0.25, 0.3) is 5.69 Å². The van der Waals surface area contributed by atoms with Gasteiger partial charge in [0.05, 0.1) is 10.7 Å². The van der Waals surface area contributed by atoms with Crippen LogP contribution < -0.4 is 0 Å². The summed E-state index contributed by atoms with van der Waals surface area (Å²) in [6.07, 6.45) is -1.49. The van der Waals surface area contributed by atoms with Gasteiger partial charge >= 0.3 is 0 Å². The van der Waals surface area contributed by atoms with Crippen LogP contribution in [0.5, 0.6) is 0 Å². The van der Waals surface area contributed by atoms with Crippen molar-refractivity contribution in [2.75, 3.05) is 5.75 Å². The zero-order chi connectivity index (χ0) is 14.8. The molecular weight excluding hydrogens is 409 g/mol. The molecule has 1 rings (SSSR count). The Balaban J connectivity index is 3.13. The number of halogens is 2. The number of sulfone groups is 1. The van der Waals surface area contributed by atoms with E-state index in [2.05, 4.69) is 0 Å². The fourth-order valence-electron chi connectivity index (χ4n) is 1.33. The highest BCUT2D eigenvalue weighted by Crippen LogP contribution is 2.43. The van der Waals surface area contributed by atoms with Gasteiger partial charge in [-0.3, -0.25) is 10.1 Å². The molecule has 0 saturated heterocycles.